The summed E-state index contributed by atoms with van der Waals surface area (Å²) in [5, 5.41) is 27.7. The van der Waals surface area contributed by atoms with Gasteiger partial charge in [0.25, 0.3) is 0 Å². The maximum absolute atomic E-state index is 5.67. The van der Waals surface area contributed by atoms with E-state index in [4.69, 9.17) is 30.0 Å². The van der Waals surface area contributed by atoms with E-state index in [9.17, 15) is 0 Å². The first-order valence-corrected chi connectivity index (χ1v) is 16.0. The van der Waals surface area contributed by atoms with Crippen LogP contribution in [0.5, 0.6) is 5.75 Å². The van der Waals surface area contributed by atoms with Crippen molar-refractivity contribution >= 4 is 70.2 Å². The number of halogens is 1. The molecule has 0 atom stereocenters. The number of hydrogen-bond acceptors (Lipinski definition) is 7. The van der Waals surface area contributed by atoms with Gasteiger partial charge in [-0.2, -0.15) is 15.3 Å². The van der Waals surface area contributed by atoms with Gasteiger partial charge in [-0.15, -0.1) is 5.10 Å². The van der Waals surface area contributed by atoms with Crippen molar-refractivity contribution in [3.63, 3.8) is 0 Å². The number of nitrogens with zero attached hydrogens (tertiary/aromatic N) is 4. The van der Waals surface area contributed by atoms with E-state index in [1.165, 1.54) is 15.9 Å². The Labute approximate surface area is 292 Å². The minimum atomic E-state index is -2.13. The molecule has 0 bridgehead atoms. The second kappa shape index (κ2) is 18.6. The first kappa shape index (κ1) is 37.0. The maximum Gasteiger partial charge on any atom is 2.00 e. The van der Waals surface area contributed by atoms with E-state index in [0.717, 1.165) is 11.3 Å². The summed E-state index contributed by atoms with van der Waals surface area (Å²) < 4.78 is 5.29. The molecule has 0 aliphatic carbocycles. The zero-order chi connectivity index (χ0) is 29.8. The monoisotopic (exact) mass is 753 g/mol. The summed E-state index contributed by atoms with van der Waals surface area (Å²) in [6, 6.07) is 39.2. The van der Waals surface area contributed by atoms with Crippen LogP contribution in [0, 0.1) is 0 Å². The van der Waals surface area contributed by atoms with Gasteiger partial charge in [0.05, 0.1) is 12.8 Å². The second-order valence-electron chi connectivity index (χ2n) is 9.07. The van der Waals surface area contributed by atoms with Gasteiger partial charge >= 0.3 is 17.1 Å². The van der Waals surface area contributed by atoms with E-state index in [1.807, 2.05) is 49.4 Å². The van der Waals surface area contributed by atoms with Crippen molar-refractivity contribution in [2.45, 2.75) is 6.92 Å². The van der Waals surface area contributed by atoms with Crippen molar-refractivity contribution in [2.75, 3.05) is 20.4 Å². The summed E-state index contributed by atoms with van der Waals surface area (Å²) in [6.07, 6.45) is 0.577. The van der Waals surface area contributed by atoms with Crippen LogP contribution in [0.3, 0.4) is 0 Å². The first-order valence-electron chi connectivity index (χ1n) is 13.2. The summed E-state index contributed by atoms with van der Waals surface area (Å²) in [5.41, 5.74) is 1.83. The van der Waals surface area contributed by atoms with Crippen molar-refractivity contribution in [3.8, 4) is 5.75 Å². The van der Waals surface area contributed by atoms with E-state index in [-0.39, 0.29) is 44.4 Å². The molecule has 0 aliphatic heterocycles. The van der Waals surface area contributed by atoms with Crippen molar-refractivity contribution in [1.29, 1.82) is 0 Å². The largest absolute Gasteiger partial charge is 2.00 e. The molecule has 1 radical (unpaired) electrons. The summed E-state index contributed by atoms with van der Waals surface area (Å²) >= 11 is 10.8. The van der Waals surface area contributed by atoms with Gasteiger partial charge in [-0.25, -0.2) is 0 Å². The first-order chi connectivity index (χ1) is 20.5. The number of methoxy groups -OCH3 is 1. The Morgan fingerprint density at radius 1 is 0.682 bits per heavy atom. The predicted octanol–water partition coefficient (Wildman–Crippen LogP) is 1.34. The molecule has 0 spiro atoms. The Morgan fingerprint density at radius 3 is 1.57 bits per heavy atom. The van der Waals surface area contributed by atoms with E-state index < -0.39 is 7.26 Å². The van der Waals surface area contributed by atoms with Gasteiger partial charge in [-0.3, -0.25) is 0 Å². The third-order valence-corrected chi connectivity index (χ3v) is 11.2. The fraction of sp³-hybridized carbons (Fsp3) is 0.125. The maximum atomic E-state index is 5.67. The Balaban J connectivity index is 0.00000337. The molecule has 7 nitrogen and oxygen atoms in total. The fourth-order valence-corrected chi connectivity index (χ4v) is 8.52. The average molecular weight is 755 g/mol. The van der Waals surface area contributed by atoms with Crippen LogP contribution in [-0.4, -0.2) is 42.2 Å². The molecule has 0 heterocycles. The molecule has 4 aromatic carbocycles. The summed E-state index contributed by atoms with van der Waals surface area (Å²) in [7, 11) is 1.18. The standard InChI is InChI=1S/C32H33N6OPS2.BrH.Cu/c1-24(30(36-37-31(41)33-2)25-19-21-26(39-3)22-20-25)35-38-32(42)34-23-40(27-13-7-4-8-14-27,28-15-9-5-10-16-28)29-17-11-6-12-18-29;;/h4-22H,23H2,1-3H3,(H3-,33,34,35,36,37,38,41,42);1H;/q;;+2/p-2. The SMILES string of the molecule is CNC([S-])=NN=C(C(C)=NN=C([S-])NC[P+](c1ccccc1)(c1ccccc1)c1ccccc1)c1ccc(OC)cc1.[Br-].[Cu+2]. The molecule has 0 unspecified atom stereocenters. The van der Waals surface area contributed by atoms with Crippen molar-refractivity contribution < 1.29 is 38.8 Å². The van der Waals surface area contributed by atoms with E-state index in [0.29, 0.717) is 17.7 Å². The van der Waals surface area contributed by atoms with Crippen LogP contribution in [0.25, 0.3) is 0 Å². The van der Waals surface area contributed by atoms with Crippen LogP contribution in [0.4, 0.5) is 0 Å². The molecule has 4 rings (SSSR count). The van der Waals surface area contributed by atoms with Gasteiger partial charge in [-0.05, 0) is 72.8 Å². The number of nitrogens with one attached hydrogen (secondary N) is 2. The minimum absolute atomic E-state index is 0. The number of ether oxygens (including phenoxy) is 1. The molecule has 231 valence electrons. The molecule has 44 heavy (non-hydrogen) atoms. The molecule has 0 saturated heterocycles. The molecule has 2 N–H and O–H groups in total. The van der Waals surface area contributed by atoms with Crippen LogP contribution in [-0.2, 0) is 42.3 Å². The van der Waals surface area contributed by atoms with Crippen molar-refractivity contribution in [2.24, 2.45) is 20.4 Å². The Bertz CT molecular complexity index is 1480. The third kappa shape index (κ3) is 9.41. The Morgan fingerprint density at radius 2 is 1.14 bits per heavy atom. The third-order valence-electron chi connectivity index (χ3n) is 6.51. The fourth-order valence-electron chi connectivity index (χ4n) is 4.39. The van der Waals surface area contributed by atoms with Gasteiger partial charge in [0.1, 0.15) is 40.9 Å². The molecular weight excluding hydrogens is 723 g/mol. The number of rotatable bonds is 10. The second-order valence-corrected chi connectivity index (χ2v) is 13.3. The molecule has 0 aromatic heterocycles. The Hall–Kier alpha value is -3.17. The molecule has 0 saturated carbocycles. The summed E-state index contributed by atoms with van der Waals surface area (Å²) in [6.45, 7) is 1.81. The molecule has 4 aromatic rings. The topological polar surface area (TPSA) is 82.7 Å². The van der Waals surface area contributed by atoms with Gasteiger partial charge in [0.15, 0.2) is 0 Å². The summed E-state index contributed by atoms with van der Waals surface area (Å²) in [4.78, 5) is 0. The van der Waals surface area contributed by atoms with Crippen molar-refractivity contribution in [3.05, 3.63) is 121 Å². The number of amidine groups is 2. The number of hydrogen-bond donors (Lipinski definition) is 2. The molecular formula is C32H32BrCuN6OPS2. The smallest absolute Gasteiger partial charge is 1.00 e. The van der Waals surface area contributed by atoms with E-state index in [1.54, 1.807) is 14.2 Å². The zero-order valence-corrected chi connectivity index (χ0v) is 29.4. The van der Waals surface area contributed by atoms with Gasteiger partial charge in [-0.1, -0.05) is 54.6 Å². The molecule has 0 amide bonds. The molecule has 12 heteroatoms. The molecule has 0 aliphatic rings. The van der Waals surface area contributed by atoms with Gasteiger partial charge < -0.3 is 57.6 Å². The summed E-state index contributed by atoms with van der Waals surface area (Å²) in [5.74, 6) is 0.729. The molecule has 0 fully saturated rings. The number of benzene rings is 4. The van der Waals surface area contributed by atoms with Crippen LogP contribution in [0.15, 0.2) is 136 Å². The van der Waals surface area contributed by atoms with Crippen LogP contribution in [0.1, 0.15) is 12.5 Å². The van der Waals surface area contributed by atoms with Crippen LogP contribution in [0.2, 0.25) is 0 Å². The van der Waals surface area contributed by atoms with E-state index in [2.05, 4.69) is 104 Å². The van der Waals surface area contributed by atoms with Crippen LogP contribution >= 0.6 is 7.26 Å². The minimum Gasteiger partial charge on any atom is -1.00 e. The Kier molecular flexibility index (Phi) is 15.6. The average Bonchev–Trinajstić information content (AvgIpc) is 3.05. The predicted molar refractivity (Wildman–Crippen MR) is 184 cm³/mol. The normalized spacial score (nSPS) is 12.4. The zero-order valence-electron chi connectivity index (χ0n) is 24.3. The van der Waals surface area contributed by atoms with Gasteiger partial charge in [0.2, 0.25) is 0 Å². The van der Waals surface area contributed by atoms with E-state index >= 15 is 0 Å². The quantitative estimate of drug-likeness (QED) is 0.0639. The van der Waals surface area contributed by atoms with Crippen molar-refractivity contribution in [1.82, 2.24) is 10.6 Å². The van der Waals surface area contributed by atoms with Crippen LogP contribution < -0.4 is 48.3 Å². The van der Waals surface area contributed by atoms with Gasteiger partial charge in [0, 0.05) is 17.8 Å².